The topological polar surface area (TPSA) is 52.0 Å². The van der Waals surface area contributed by atoms with Crippen LogP contribution in [-0.4, -0.2) is 6.18 Å². The van der Waals surface area contributed by atoms with Crippen molar-refractivity contribution in [1.82, 2.24) is 0 Å². The van der Waals surface area contributed by atoms with Gasteiger partial charge in [0, 0.05) is 0 Å². The lowest BCUT2D eigenvalue weighted by molar-refractivity contribution is -0.290. The van der Waals surface area contributed by atoms with E-state index in [0.717, 1.165) is 0 Å². The summed E-state index contributed by atoms with van der Waals surface area (Å²) in [4.78, 5) is 0. The standard InChI is InChI=1S/C8H4F8N2/c9-2-1(7(12,13)8(14,15)16)5(17)3(10)4(11)6(2)18/h17-18H2. The van der Waals surface area contributed by atoms with Crippen molar-refractivity contribution in [3.63, 3.8) is 0 Å². The highest BCUT2D eigenvalue weighted by Gasteiger charge is 2.61. The highest BCUT2D eigenvalue weighted by molar-refractivity contribution is 5.60. The van der Waals surface area contributed by atoms with Gasteiger partial charge in [-0.05, 0) is 0 Å². The lowest BCUT2D eigenvalue weighted by Gasteiger charge is -2.22. The number of hydrogen-bond donors (Lipinski definition) is 2. The van der Waals surface area contributed by atoms with Crippen molar-refractivity contribution in [2.45, 2.75) is 12.1 Å². The third-order valence-corrected chi connectivity index (χ3v) is 2.06. The maximum Gasteiger partial charge on any atom is 0.458 e. The third kappa shape index (κ3) is 1.81. The second-order valence-electron chi connectivity index (χ2n) is 3.22. The molecule has 1 rings (SSSR count). The van der Waals surface area contributed by atoms with E-state index in [4.69, 9.17) is 0 Å². The van der Waals surface area contributed by atoms with Gasteiger partial charge in [-0.15, -0.1) is 0 Å². The highest BCUT2D eigenvalue weighted by Crippen LogP contribution is 2.48. The van der Waals surface area contributed by atoms with Crippen LogP contribution in [0.2, 0.25) is 0 Å². The molecule has 0 heterocycles. The quantitative estimate of drug-likeness (QED) is 0.472. The SMILES string of the molecule is Nc1c(F)c(F)c(N)c(C(F)(F)C(F)(F)F)c1F. The van der Waals surface area contributed by atoms with Crippen molar-refractivity contribution in [2.75, 3.05) is 11.5 Å². The van der Waals surface area contributed by atoms with Gasteiger partial charge in [0.1, 0.15) is 5.69 Å². The smallest absolute Gasteiger partial charge is 0.396 e. The van der Waals surface area contributed by atoms with E-state index in [1.54, 1.807) is 0 Å². The Morgan fingerprint density at radius 2 is 1.06 bits per heavy atom. The average Bonchev–Trinajstić information content (AvgIpc) is 2.22. The molecule has 0 saturated carbocycles. The molecule has 102 valence electrons. The first-order valence-corrected chi connectivity index (χ1v) is 4.09. The van der Waals surface area contributed by atoms with E-state index in [1.807, 2.05) is 0 Å². The van der Waals surface area contributed by atoms with Gasteiger partial charge < -0.3 is 11.5 Å². The summed E-state index contributed by atoms with van der Waals surface area (Å²) in [6.07, 6.45) is -6.24. The third-order valence-electron chi connectivity index (χ3n) is 2.06. The molecule has 0 spiro atoms. The predicted octanol–water partition coefficient (Wildman–Crippen LogP) is 2.92. The van der Waals surface area contributed by atoms with E-state index in [1.165, 1.54) is 0 Å². The zero-order chi connectivity index (χ0) is 14.5. The van der Waals surface area contributed by atoms with E-state index in [-0.39, 0.29) is 0 Å². The van der Waals surface area contributed by atoms with E-state index in [2.05, 4.69) is 11.5 Å². The lowest BCUT2D eigenvalue weighted by atomic mass is 10.0. The molecule has 0 aliphatic rings. The number of benzene rings is 1. The van der Waals surface area contributed by atoms with Gasteiger partial charge in [0.05, 0.1) is 11.3 Å². The van der Waals surface area contributed by atoms with Crippen molar-refractivity contribution < 1.29 is 35.1 Å². The first-order chi connectivity index (χ1) is 7.93. The normalized spacial score (nSPS) is 12.9. The fourth-order valence-corrected chi connectivity index (χ4v) is 1.14. The highest BCUT2D eigenvalue weighted by atomic mass is 19.4. The number of nitrogens with two attached hydrogens (primary N) is 2. The molecule has 0 fully saturated rings. The van der Waals surface area contributed by atoms with Gasteiger partial charge in [-0.1, -0.05) is 0 Å². The molecule has 0 aliphatic carbocycles. The van der Waals surface area contributed by atoms with Crippen LogP contribution in [0, 0.1) is 17.5 Å². The van der Waals surface area contributed by atoms with Crippen LogP contribution in [0.15, 0.2) is 0 Å². The molecule has 0 unspecified atom stereocenters. The van der Waals surface area contributed by atoms with Crippen LogP contribution in [0.5, 0.6) is 0 Å². The molecule has 2 nitrogen and oxygen atoms in total. The molecular formula is C8H4F8N2. The number of alkyl halides is 5. The fourth-order valence-electron chi connectivity index (χ4n) is 1.14. The van der Waals surface area contributed by atoms with E-state index in [9.17, 15) is 35.1 Å². The molecule has 0 aromatic heterocycles. The molecule has 0 radical (unpaired) electrons. The Morgan fingerprint density at radius 1 is 0.667 bits per heavy atom. The molecule has 0 bridgehead atoms. The zero-order valence-electron chi connectivity index (χ0n) is 8.18. The van der Waals surface area contributed by atoms with Crippen molar-refractivity contribution >= 4 is 11.4 Å². The number of rotatable bonds is 1. The van der Waals surface area contributed by atoms with Crippen molar-refractivity contribution in [1.29, 1.82) is 0 Å². The van der Waals surface area contributed by atoms with Crippen LogP contribution < -0.4 is 11.5 Å². The Morgan fingerprint density at radius 3 is 1.44 bits per heavy atom. The molecule has 10 heteroatoms. The first-order valence-electron chi connectivity index (χ1n) is 4.09. The van der Waals surface area contributed by atoms with Gasteiger partial charge >= 0.3 is 12.1 Å². The summed E-state index contributed by atoms with van der Waals surface area (Å²) in [6, 6.07) is 0. The van der Waals surface area contributed by atoms with Crippen molar-refractivity contribution in [2.24, 2.45) is 0 Å². The van der Waals surface area contributed by atoms with E-state index >= 15 is 0 Å². The molecule has 1 aromatic rings. The molecule has 0 aliphatic heterocycles. The Kier molecular flexibility index (Phi) is 3.09. The predicted molar refractivity (Wildman–Crippen MR) is 45.1 cm³/mol. The summed E-state index contributed by atoms with van der Waals surface area (Å²) in [5.74, 6) is -12.7. The van der Waals surface area contributed by atoms with Gasteiger partial charge in [0.2, 0.25) is 0 Å². The molecule has 4 N–H and O–H groups in total. The lowest BCUT2D eigenvalue weighted by Crippen LogP contribution is -2.36. The summed E-state index contributed by atoms with van der Waals surface area (Å²) in [7, 11) is 0. The van der Waals surface area contributed by atoms with Gasteiger partial charge in [0.15, 0.2) is 17.5 Å². The molecule has 0 atom stereocenters. The number of nitrogen functional groups attached to an aromatic ring is 2. The number of hydrogen-bond acceptors (Lipinski definition) is 2. The Bertz CT molecular complexity index is 464. The monoisotopic (exact) mass is 280 g/mol. The van der Waals surface area contributed by atoms with E-state index in [0.29, 0.717) is 0 Å². The fraction of sp³-hybridized carbons (Fsp3) is 0.250. The minimum absolute atomic E-state index is 1.80. The molecule has 1 aromatic carbocycles. The second-order valence-corrected chi connectivity index (χ2v) is 3.22. The maximum atomic E-state index is 13.1. The van der Waals surface area contributed by atoms with Crippen LogP contribution in [0.3, 0.4) is 0 Å². The summed E-state index contributed by atoms with van der Waals surface area (Å²) in [5, 5.41) is 0. The number of halogens is 8. The average molecular weight is 280 g/mol. The van der Waals surface area contributed by atoms with Gasteiger partial charge in [0.25, 0.3) is 0 Å². The molecule has 0 amide bonds. The molecule has 18 heavy (non-hydrogen) atoms. The minimum Gasteiger partial charge on any atom is -0.396 e. The second kappa shape index (κ2) is 3.89. The van der Waals surface area contributed by atoms with Gasteiger partial charge in [-0.2, -0.15) is 22.0 Å². The van der Waals surface area contributed by atoms with Crippen molar-refractivity contribution in [3.05, 3.63) is 23.0 Å². The summed E-state index contributed by atoms with van der Waals surface area (Å²) in [5.41, 5.74) is 2.77. The minimum atomic E-state index is -6.24. The molecular weight excluding hydrogens is 276 g/mol. The van der Waals surface area contributed by atoms with Crippen LogP contribution in [0.1, 0.15) is 5.56 Å². The zero-order valence-corrected chi connectivity index (χ0v) is 8.18. The van der Waals surface area contributed by atoms with E-state index < -0.39 is 46.5 Å². The van der Waals surface area contributed by atoms with Gasteiger partial charge in [-0.25, -0.2) is 13.2 Å². The van der Waals surface area contributed by atoms with Crippen LogP contribution in [-0.2, 0) is 5.92 Å². The summed E-state index contributed by atoms with van der Waals surface area (Å²) >= 11 is 0. The first kappa shape index (κ1) is 14.3. The Hall–Kier alpha value is -1.74. The maximum absolute atomic E-state index is 13.1. The van der Waals surface area contributed by atoms with Crippen LogP contribution >= 0.6 is 0 Å². The van der Waals surface area contributed by atoms with Crippen LogP contribution in [0.25, 0.3) is 0 Å². The Labute approximate surface area is 94.2 Å². The van der Waals surface area contributed by atoms with Gasteiger partial charge in [-0.3, -0.25) is 0 Å². The van der Waals surface area contributed by atoms with Crippen LogP contribution in [0.4, 0.5) is 46.5 Å². The number of anilines is 2. The summed E-state index contributed by atoms with van der Waals surface area (Å²) in [6.45, 7) is 0. The summed E-state index contributed by atoms with van der Waals surface area (Å²) < 4.78 is 101. The largest absolute Gasteiger partial charge is 0.458 e. The Balaban J connectivity index is 3.72. The van der Waals surface area contributed by atoms with Crippen molar-refractivity contribution in [3.8, 4) is 0 Å². The molecule has 0 saturated heterocycles.